The fourth-order valence-electron chi connectivity index (χ4n) is 0.949. The van der Waals surface area contributed by atoms with Crippen LogP contribution in [0.5, 0.6) is 0 Å². The molecule has 0 spiro atoms. The molecule has 0 aromatic heterocycles. The normalized spacial score (nSPS) is 10.3. The highest BCUT2D eigenvalue weighted by molar-refractivity contribution is 5.22. The Bertz CT molecular complexity index is 174. The van der Waals surface area contributed by atoms with Crippen molar-refractivity contribution in [3.8, 4) is 0 Å². The first-order valence-corrected chi connectivity index (χ1v) is 3.69. The number of rotatable bonds is 2. The minimum absolute atomic E-state index is 0.641. The van der Waals surface area contributed by atoms with Crippen molar-refractivity contribution < 1.29 is 0 Å². The van der Waals surface area contributed by atoms with E-state index in [0.29, 0.717) is 5.92 Å². The molecule has 0 N–H and O–H groups in total. The van der Waals surface area contributed by atoms with Crippen LogP contribution in [-0.4, -0.2) is 0 Å². The Morgan fingerprint density at radius 3 is 2.20 bits per heavy atom. The standard InChI is InChI=1S/C10H13/c1-9(2)8-10-6-4-3-5-7-10/h3-9H,1-2H3. The second-order valence-corrected chi connectivity index (χ2v) is 2.82. The van der Waals surface area contributed by atoms with Crippen LogP contribution in [0.15, 0.2) is 30.3 Å². The van der Waals surface area contributed by atoms with Crippen molar-refractivity contribution in [2.75, 3.05) is 0 Å². The van der Waals surface area contributed by atoms with Crippen LogP contribution in [0, 0.1) is 12.3 Å². The Morgan fingerprint density at radius 1 is 1.10 bits per heavy atom. The molecule has 0 saturated heterocycles. The maximum absolute atomic E-state index is 2.25. The zero-order valence-corrected chi connectivity index (χ0v) is 6.54. The SMILES string of the molecule is CC(C)[CH]c1ccccc1. The highest BCUT2D eigenvalue weighted by Gasteiger charge is 1.94. The molecule has 0 fully saturated rings. The van der Waals surface area contributed by atoms with E-state index >= 15 is 0 Å². The maximum Gasteiger partial charge on any atom is -0.00676 e. The van der Waals surface area contributed by atoms with E-state index in [1.165, 1.54) is 5.56 Å². The molecule has 0 aliphatic rings. The van der Waals surface area contributed by atoms with Gasteiger partial charge in [-0.15, -0.1) is 0 Å². The van der Waals surface area contributed by atoms with Gasteiger partial charge in [-0.25, -0.2) is 0 Å². The van der Waals surface area contributed by atoms with E-state index in [0.717, 1.165) is 0 Å². The van der Waals surface area contributed by atoms with Crippen molar-refractivity contribution in [2.45, 2.75) is 13.8 Å². The lowest BCUT2D eigenvalue weighted by molar-refractivity contribution is 0.776. The van der Waals surface area contributed by atoms with Crippen molar-refractivity contribution >= 4 is 0 Å². The molecule has 0 saturated carbocycles. The van der Waals surface area contributed by atoms with Gasteiger partial charge in [-0.3, -0.25) is 0 Å². The fraction of sp³-hybridized carbons (Fsp3) is 0.300. The van der Waals surface area contributed by atoms with Gasteiger partial charge in [0.1, 0.15) is 0 Å². The summed E-state index contributed by atoms with van der Waals surface area (Å²) in [6.07, 6.45) is 2.25. The van der Waals surface area contributed by atoms with Crippen LogP contribution in [0.2, 0.25) is 0 Å². The molecule has 1 aromatic carbocycles. The van der Waals surface area contributed by atoms with Gasteiger partial charge in [0.2, 0.25) is 0 Å². The van der Waals surface area contributed by atoms with E-state index in [1.807, 2.05) is 6.07 Å². The summed E-state index contributed by atoms with van der Waals surface area (Å²) in [6.45, 7) is 4.38. The van der Waals surface area contributed by atoms with Crippen LogP contribution in [0.4, 0.5) is 0 Å². The summed E-state index contributed by atoms with van der Waals surface area (Å²) >= 11 is 0. The third-order valence-electron chi connectivity index (χ3n) is 1.33. The molecular formula is C10H13. The smallest absolute Gasteiger partial charge is 0.00676 e. The molecule has 0 bridgehead atoms. The van der Waals surface area contributed by atoms with Gasteiger partial charge >= 0.3 is 0 Å². The topological polar surface area (TPSA) is 0 Å². The predicted octanol–water partition coefficient (Wildman–Crippen LogP) is 2.89. The number of hydrogen-bond donors (Lipinski definition) is 0. The molecule has 1 rings (SSSR count). The van der Waals surface area contributed by atoms with E-state index < -0.39 is 0 Å². The Hall–Kier alpha value is -0.780. The summed E-state index contributed by atoms with van der Waals surface area (Å²) in [7, 11) is 0. The van der Waals surface area contributed by atoms with Gasteiger partial charge in [-0.2, -0.15) is 0 Å². The first kappa shape index (κ1) is 7.33. The van der Waals surface area contributed by atoms with Gasteiger partial charge in [-0.05, 0) is 17.9 Å². The van der Waals surface area contributed by atoms with Crippen molar-refractivity contribution in [2.24, 2.45) is 5.92 Å². The lowest BCUT2D eigenvalue weighted by atomic mass is 10.0. The number of benzene rings is 1. The molecule has 0 heteroatoms. The Kier molecular flexibility index (Phi) is 2.49. The molecule has 0 unspecified atom stereocenters. The average Bonchev–Trinajstić information content (AvgIpc) is 1.88. The van der Waals surface area contributed by atoms with Gasteiger partial charge in [0.25, 0.3) is 0 Å². The highest BCUT2D eigenvalue weighted by Crippen LogP contribution is 2.08. The summed E-state index contributed by atoms with van der Waals surface area (Å²) in [5.74, 6) is 0.641. The lowest BCUT2D eigenvalue weighted by Crippen LogP contribution is -1.88. The summed E-state index contributed by atoms with van der Waals surface area (Å²) in [6, 6.07) is 10.4. The minimum atomic E-state index is 0.641. The zero-order valence-electron chi connectivity index (χ0n) is 6.54. The van der Waals surface area contributed by atoms with Crippen LogP contribution in [-0.2, 0) is 0 Å². The Labute approximate surface area is 62.9 Å². The molecule has 0 amide bonds. The van der Waals surface area contributed by atoms with Gasteiger partial charge in [0.15, 0.2) is 0 Å². The summed E-state index contributed by atoms with van der Waals surface area (Å²) in [5, 5.41) is 0. The lowest BCUT2D eigenvalue weighted by Gasteiger charge is -2.01. The van der Waals surface area contributed by atoms with E-state index in [1.54, 1.807) is 0 Å². The second kappa shape index (κ2) is 3.40. The molecule has 0 aliphatic heterocycles. The van der Waals surface area contributed by atoms with Crippen LogP contribution in [0.1, 0.15) is 19.4 Å². The first-order valence-electron chi connectivity index (χ1n) is 3.69. The molecule has 0 nitrogen and oxygen atoms in total. The highest BCUT2D eigenvalue weighted by atomic mass is 14.0. The Morgan fingerprint density at radius 2 is 1.70 bits per heavy atom. The van der Waals surface area contributed by atoms with Crippen LogP contribution >= 0.6 is 0 Å². The van der Waals surface area contributed by atoms with Gasteiger partial charge in [-0.1, -0.05) is 44.2 Å². The second-order valence-electron chi connectivity index (χ2n) is 2.82. The molecule has 1 aromatic rings. The molecule has 0 aliphatic carbocycles. The van der Waals surface area contributed by atoms with E-state index in [4.69, 9.17) is 0 Å². The summed E-state index contributed by atoms with van der Waals surface area (Å²) in [4.78, 5) is 0. The minimum Gasteiger partial charge on any atom is -0.0622 e. The molecule has 0 atom stereocenters. The van der Waals surface area contributed by atoms with Gasteiger partial charge in [0.05, 0.1) is 0 Å². The Balaban J connectivity index is 2.59. The maximum atomic E-state index is 2.25. The monoisotopic (exact) mass is 133 g/mol. The quantitative estimate of drug-likeness (QED) is 0.582. The van der Waals surface area contributed by atoms with Crippen molar-refractivity contribution in [1.82, 2.24) is 0 Å². The molecule has 10 heavy (non-hydrogen) atoms. The van der Waals surface area contributed by atoms with Gasteiger partial charge in [0, 0.05) is 0 Å². The van der Waals surface area contributed by atoms with Crippen molar-refractivity contribution in [1.29, 1.82) is 0 Å². The van der Waals surface area contributed by atoms with Crippen LogP contribution in [0.3, 0.4) is 0 Å². The third-order valence-corrected chi connectivity index (χ3v) is 1.33. The van der Waals surface area contributed by atoms with E-state index in [2.05, 4.69) is 44.5 Å². The van der Waals surface area contributed by atoms with E-state index in [9.17, 15) is 0 Å². The molecule has 53 valence electrons. The number of hydrogen-bond acceptors (Lipinski definition) is 0. The van der Waals surface area contributed by atoms with E-state index in [-0.39, 0.29) is 0 Å². The molecular weight excluding hydrogens is 120 g/mol. The first-order chi connectivity index (χ1) is 4.79. The average molecular weight is 133 g/mol. The third kappa shape index (κ3) is 2.22. The molecule has 0 heterocycles. The fourth-order valence-corrected chi connectivity index (χ4v) is 0.949. The van der Waals surface area contributed by atoms with Crippen LogP contribution < -0.4 is 0 Å². The zero-order chi connectivity index (χ0) is 7.40. The van der Waals surface area contributed by atoms with Crippen LogP contribution in [0.25, 0.3) is 0 Å². The predicted molar refractivity (Wildman–Crippen MR) is 44.7 cm³/mol. The largest absolute Gasteiger partial charge is 0.0622 e. The van der Waals surface area contributed by atoms with Crippen molar-refractivity contribution in [3.05, 3.63) is 42.3 Å². The van der Waals surface area contributed by atoms with Crippen molar-refractivity contribution in [3.63, 3.8) is 0 Å². The summed E-state index contributed by atoms with van der Waals surface area (Å²) in [5.41, 5.74) is 1.32. The summed E-state index contributed by atoms with van der Waals surface area (Å²) < 4.78 is 0. The molecule has 1 radical (unpaired) electrons. The van der Waals surface area contributed by atoms with Gasteiger partial charge < -0.3 is 0 Å².